The first-order chi connectivity index (χ1) is 7.27. The van der Waals surface area contributed by atoms with Crippen molar-refractivity contribution in [1.82, 2.24) is 10.9 Å². The molecular formula is C10H11Cl2N3. The van der Waals surface area contributed by atoms with Gasteiger partial charge in [-0.2, -0.15) is 0 Å². The number of aliphatic imine (C=N–C) groups is 1. The van der Waals surface area contributed by atoms with E-state index < -0.39 is 0 Å². The van der Waals surface area contributed by atoms with E-state index in [0.717, 1.165) is 24.5 Å². The monoisotopic (exact) mass is 243 g/mol. The molecule has 0 spiro atoms. The molecule has 1 aromatic carbocycles. The molecule has 1 aliphatic heterocycles. The fourth-order valence-electron chi connectivity index (χ4n) is 1.42. The number of hydrogen-bond acceptors (Lipinski definition) is 3. The summed E-state index contributed by atoms with van der Waals surface area (Å²) in [5.41, 5.74) is 6.94. The SMILES string of the molecule is Clc1cccc(Cl)c1CC1=NCCNN1. The van der Waals surface area contributed by atoms with E-state index >= 15 is 0 Å². The Morgan fingerprint density at radius 2 is 2.00 bits per heavy atom. The van der Waals surface area contributed by atoms with Gasteiger partial charge in [-0.15, -0.1) is 0 Å². The highest BCUT2D eigenvalue weighted by molar-refractivity contribution is 6.36. The number of amidine groups is 1. The van der Waals surface area contributed by atoms with Crippen LogP contribution in [0.3, 0.4) is 0 Å². The zero-order valence-electron chi connectivity index (χ0n) is 8.06. The van der Waals surface area contributed by atoms with Crippen LogP contribution >= 0.6 is 23.2 Å². The van der Waals surface area contributed by atoms with E-state index in [0.29, 0.717) is 16.5 Å². The summed E-state index contributed by atoms with van der Waals surface area (Å²) in [5, 5.41) is 1.36. The second-order valence-corrected chi connectivity index (χ2v) is 4.07. The van der Waals surface area contributed by atoms with E-state index in [4.69, 9.17) is 23.2 Å². The third-order valence-electron chi connectivity index (χ3n) is 2.18. The van der Waals surface area contributed by atoms with Crippen molar-refractivity contribution in [2.45, 2.75) is 6.42 Å². The lowest BCUT2D eigenvalue weighted by Crippen LogP contribution is -2.43. The Hall–Kier alpha value is -0.770. The van der Waals surface area contributed by atoms with E-state index in [1.165, 1.54) is 0 Å². The van der Waals surface area contributed by atoms with Gasteiger partial charge in [0.2, 0.25) is 0 Å². The maximum absolute atomic E-state index is 6.06. The van der Waals surface area contributed by atoms with Gasteiger partial charge in [-0.3, -0.25) is 4.99 Å². The molecule has 5 heteroatoms. The van der Waals surface area contributed by atoms with Crippen LogP contribution in [-0.2, 0) is 6.42 Å². The molecule has 3 nitrogen and oxygen atoms in total. The number of halogens is 2. The molecule has 0 atom stereocenters. The zero-order chi connectivity index (χ0) is 10.7. The van der Waals surface area contributed by atoms with E-state index in [9.17, 15) is 0 Å². The second-order valence-electron chi connectivity index (χ2n) is 3.26. The Kier molecular flexibility index (Phi) is 3.46. The number of benzene rings is 1. The minimum Gasteiger partial charge on any atom is -0.309 e. The summed E-state index contributed by atoms with van der Waals surface area (Å²) >= 11 is 12.1. The van der Waals surface area contributed by atoms with Gasteiger partial charge < -0.3 is 5.43 Å². The molecule has 1 heterocycles. The summed E-state index contributed by atoms with van der Waals surface area (Å²) in [5.74, 6) is 0.872. The van der Waals surface area contributed by atoms with E-state index in [-0.39, 0.29) is 0 Å². The molecule has 0 bridgehead atoms. The lowest BCUT2D eigenvalue weighted by molar-refractivity contribution is 0.619. The number of hydrogen-bond donors (Lipinski definition) is 2. The van der Waals surface area contributed by atoms with Gasteiger partial charge in [0.25, 0.3) is 0 Å². The molecule has 0 radical (unpaired) electrons. The Morgan fingerprint density at radius 3 is 2.60 bits per heavy atom. The molecule has 0 saturated carbocycles. The minimum absolute atomic E-state index is 0.630. The van der Waals surface area contributed by atoms with Gasteiger partial charge in [0.05, 0.1) is 6.54 Å². The first-order valence-electron chi connectivity index (χ1n) is 4.72. The molecule has 80 valence electrons. The van der Waals surface area contributed by atoms with Gasteiger partial charge in [-0.1, -0.05) is 29.3 Å². The molecule has 2 rings (SSSR count). The summed E-state index contributed by atoms with van der Waals surface area (Å²) in [6, 6.07) is 5.50. The average Bonchev–Trinajstić information content (AvgIpc) is 2.25. The highest BCUT2D eigenvalue weighted by Crippen LogP contribution is 2.24. The van der Waals surface area contributed by atoms with Crippen LogP contribution in [0, 0.1) is 0 Å². The first-order valence-corrected chi connectivity index (χ1v) is 5.48. The predicted octanol–water partition coefficient (Wildman–Crippen LogP) is 2.04. The molecule has 2 N–H and O–H groups in total. The number of nitrogens with zero attached hydrogens (tertiary/aromatic N) is 1. The molecule has 1 aliphatic rings. The Morgan fingerprint density at radius 1 is 1.27 bits per heavy atom. The van der Waals surface area contributed by atoms with Crippen molar-refractivity contribution in [2.75, 3.05) is 13.1 Å². The maximum atomic E-state index is 6.06. The molecule has 0 amide bonds. The normalized spacial score (nSPS) is 15.7. The van der Waals surface area contributed by atoms with Gasteiger partial charge in [0, 0.05) is 23.0 Å². The molecule has 0 fully saturated rings. The van der Waals surface area contributed by atoms with Crippen LogP contribution < -0.4 is 10.9 Å². The Bertz CT molecular complexity index is 370. The fourth-order valence-corrected chi connectivity index (χ4v) is 1.95. The molecular weight excluding hydrogens is 233 g/mol. The van der Waals surface area contributed by atoms with Gasteiger partial charge in [-0.05, 0) is 17.7 Å². The quantitative estimate of drug-likeness (QED) is 0.835. The van der Waals surface area contributed by atoms with Crippen LogP contribution in [0.25, 0.3) is 0 Å². The van der Waals surface area contributed by atoms with Gasteiger partial charge in [0.15, 0.2) is 0 Å². The fraction of sp³-hybridized carbons (Fsp3) is 0.300. The van der Waals surface area contributed by atoms with Crippen molar-refractivity contribution in [2.24, 2.45) is 4.99 Å². The van der Waals surface area contributed by atoms with Gasteiger partial charge in [0.1, 0.15) is 5.84 Å². The lowest BCUT2D eigenvalue weighted by Gasteiger charge is -2.16. The predicted molar refractivity (Wildman–Crippen MR) is 63.6 cm³/mol. The van der Waals surface area contributed by atoms with Crippen LogP contribution in [0.5, 0.6) is 0 Å². The van der Waals surface area contributed by atoms with E-state index in [1.807, 2.05) is 18.2 Å². The maximum Gasteiger partial charge on any atom is 0.115 e. The Balaban J connectivity index is 2.19. The summed E-state index contributed by atoms with van der Waals surface area (Å²) in [6.07, 6.45) is 0.630. The third-order valence-corrected chi connectivity index (χ3v) is 2.89. The van der Waals surface area contributed by atoms with Crippen LogP contribution in [-0.4, -0.2) is 18.9 Å². The van der Waals surface area contributed by atoms with Crippen molar-refractivity contribution in [1.29, 1.82) is 0 Å². The van der Waals surface area contributed by atoms with Crippen molar-refractivity contribution in [3.05, 3.63) is 33.8 Å². The second kappa shape index (κ2) is 4.84. The van der Waals surface area contributed by atoms with E-state index in [1.54, 1.807) is 0 Å². The number of hydrazine groups is 1. The number of rotatable bonds is 2. The summed E-state index contributed by atoms with van der Waals surface area (Å²) in [6.45, 7) is 1.63. The molecule has 0 saturated heterocycles. The highest BCUT2D eigenvalue weighted by atomic mass is 35.5. The largest absolute Gasteiger partial charge is 0.309 e. The van der Waals surface area contributed by atoms with Crippen molar-refractivity contribution >= 4 is 29.0 Å². The summed E-state index contributed by atoms with van der Waals surface area (Å²) in [4.78, 5) is 4.33. The average molecular weight is 244 g/mol. The first kappa shape index (κ1) is 10.7. The van der Waals surface area contributed by atoms with Crippen LogP contribution in [0.4, 0.5) is 0 Å². The highest BCUT2D eigenvalue weighted by Gasteiger charge is 2.10. The summed E-state index contributed by atoms with van der Waals surface area (Å²) < 4.78 is 0. The minimum atomic E-state index is 0.630. The van der Waals surface area contributed by atoms with Crippen LogP contribution in [0.2, 0.25) is 10.0 Å². The molecule has 0 unspecified atom stereocenters. The van der Waals surface area contributed by atoms with Crippen molar-refractivity contribution in [3.8, 4) is 0 Å². The topological polar surface area (TPSA) is 36.4 Å². The molecule has 15 heavy (non-hydrogen) atoms. The molecule has 0 aromatic heterocycles. The summed E-state index contributed by atoms with van der Waals surface area (Å²) in [7, 11) is 0. The van der Waals surface area contributed by atoms with Crippen molar-refractivity contribution < 1.29 is 0 Å². The smallest absolute Gasteiger partial charge is 0.115 e. The van der Waals surface area contributed by atoms with E-state index in [2.05, 4.69) is 15.8 Å². The standard InChI is InChI=1S/C10H11Cl2N3/c11-8-2-1-3-9(12)7(8)6-10-13-4-5-14-15-10/h1-3,14H,4-6H2,(H,13,15). The van der Waals surface area contributed by atoms with Crippen molar-refractivity contribution in [3.63, 3.8) is 0 Å². The van der Waals surface area contributed by atoms with Gasteiger partial charge >= 0.3 is 0 Å². The Labute approximate surface area is 98.5 Å². The van der Waals surface area contributed by atoms with Crippen LogP contribution in [0.15, 0.2) is 23.2 Å². The molecule has 1 aromatic rings. The van der Waals surface area contributed by atoms with Crippen LogP contribution in [0.1, 0.15) is 5.56 Å². The van der Waals surface area contributed by atoms with Gasteiger partial charge in [-0.25, -0.2) is 5.43 Å². The third kappa shape index (κ3) is 2.62. The lowest BCUT2D eigenvalue weighted by atomic mass is 10.1. The zero-order valence-corrected chi connectivity index (χ0v) is 9.57. The number of nitrogens with one attached hydrogen (secondary N) is 2. The molecule has 0 aliphatic carbocycles.